The fourth-order valence-electron chi connectivity index (χ4n) is 1.33. The van der Waals surface area contributed by atoms with E-state index in [2.05, 4.69) is 11.8 Å². The second kappa shape index (κ2) is 11.9. The van der Waals surface area contributed by atoms with E-state index < -0.39 is 17.9 Å². The van der Waals surface area contributed by atoms with Gasteiger partial charge in [0.15, 0.2) is 0 Å². The van der Waals surface area contributed by atoms with Gasteiger partial charge in [-0.2, -0.15) is 0 Å². The Hall–Kier alpha value is -2.20. The highest BCUT2D eigenvalue weighted by Gasteiger charge is 2.19. The SMILES string of the molecule is C#CCC(C(=O)O)C(C)C.C#CCC(C=CC)C(=O)O. The second-order valence-corrected chi connectivity index (χ2v) is 4.48. The number of rotatable bonds is 6. The average Bonchev–Trinajstić information content (AvgIpc) is 2.35. The molecule has 0 aromatic heterocycles. The van der Waals surface area contributed by atoms with Crippen molar-refractivity contribution in [2.75, 3.05) is 0 Å². The van der Waals surface area contributed by atoms with Gasteiger partial charge in [0.1, 0.15) is 0 Å². The van der Waals surface area contributed by atoms with Crippen LogP contribution in [0.3, 0.4) is 0 Å². The maximum absolute atomic E-state index is 10.4. The number of carboxylic acid groups (broad SMARTS) is 2. The molecule has 20 heavy (non-hydrogen) atoms. The first kappa shape index (κ1) is 20.1. The van der Waals surface area contributed by atoms with E-state index in [1.807, 2.05) is 13.8 Å². The predicted molar refractivity (Wildman–Crippen MR) is 78.8 cm³/mol. The molecule has 0 radical (unpaired) electrons. The molecular formula is C16H22O4. The van der Waals surface area contributed by atoms with Crippen LogP contribution in [0.25, 0.3) is 0 Å². The number of terminal acetylenes is 2. The predicted octanol–water partition coefficient (Wildman–Crippen LogP) is 2.65. The van der Waals surface area contributed by atoms with Crippen LogP contribution in [0.1, 0.15) is 33.6 Å². The van der Waals surface area contributed by atoms with Crippen LogP contribution in [0, 0.1) is 42.4 Å². The summed E-state index contributed by atoms with van der Waals surface area (Å²) in [6.07, 6.45) is 13.8. The fourth-order valence-corrected chi connectivity index (χ4v) is 1.33. The number of allylic oxidation sites excluding steroid dienone is 1. The van der Waals surface area contributed by atoms with Gasteiger partial charge in [-0.05, 0) is 12.8 Å². The minimum atomic E-state index is -0.865. The molecule has 2 N–H and O–H groups in total. The lowest BCUT2D eigenvalue weighted by Gasteiger charge is -2.11. The van der Waals surface area contributed by atoms with Crippen molar-refractivity contribution in [3.05, 3.63) is 12.2 Å². The van der Waals surface area contributed by atoms with Gasteiger partial charge in [-0.3, -0.25) is 9.59 Å². The lowest BCUT2D eigenvalue weighted by atomic mass is 9.93. The van der Waals surface area contributed by atoms with Gasteiger partial charge >= 0.3 is 11.9 Å². The minimum Gasteiger partial charge on any atom is -0.481 e. The van der Waals surface area contributed by atoms with Crippen molar-refractivity contribution in [2.45, 2.75) is 33.6 Å². The van der Waals surface area contributed by atoms with E-state index >= 15 is 0 Å². The molecule has 0 aliphatic rings. The summed E-state index contributed by atoms with van der Waals surface area (Å²) in [4.78, 5) is 20.8. The lowest BCUT2D eigenvalue weighted by Crippen LogP contribution is -2.18. The third kappa shape index (κ3) is 9.79. The Labute approximate surface area is 120 Å². The summed E-state index contributed by atoms with van der Waals surface area (Å²) in [6, 6.07) is 0. The van der Waals surface area contributed by atoms with Crippen molar-refractivity contribution in [3.63, 3.8) is 0 Å². The third-order valence-corrected chi connectivity index (χ3v) is 2.54. The molecular weight excluding hydrogens is 256 g/mol. The lowest BCUT2D eigenvalue weighted by molar-refractivity contribution is -0.143. The van der Waals surface area contributed by atoms with Gasteiger partial charge in [0.05, 0.1) is 11.8 Å². The molecule has 4 heteroatoms. The molecule has 0 saturated heterocycles. The van der Waals surface area contributed by atoms with Crippen LogP contribution in [0.5, 0.6) is 0 Å². The Balaban J connectivity index is 0. The molecule has 0 heterocycles. The number of aliphatic carboxylic acids is 2. The van der Waals surface area contributed by atoms with E-state index in [0.717, 1.165) is 0 Å². The molecule has 2 atom stereocenters. The van der Waals surface area contributed by atoms with Crippen molar-refractivity contribution in [3.8, 4) is 24.7 Å². The molecule has 4 nitrogen and oxygen atoms in total. The Kier molecular flexibility index (Phi) is 11.9. The van der Waals surface area contributed by atoms with Gasteiger partial charge in [0.25, 0.3) is 0 Å². The molecule has 0 aliphatic heterocycles. The third-order valence-electron chi connectivity index (χ3n) is 2.54. The molecule has 110 valence electrons. The highest BCUT2D eigenvalue weighted by Crippen LogP contribution is 2.13. The summed E-state index contributed by atoms with van der Waals surface area (Å²) in [5.41, 5.74) is 0. The molecule has 0 aromatic rings. The molecule has 0 bridgehead atoms. The van der Waals surface area contributed by atoms with Gasteiger partial charge in [-0.25, -0.2) is 0 Å². The van der Waals surface area contributed by atoms with E-state index in [1.54, 1.807) is 19.1 Å². The molecule has 0 saturated carbocycles. The van der Waals surface area contributed by atoms with E-state index in [0.29, 0.717) is 6.42 Å². The zero-order chi connectivity index (χ0) is 16.1. The quantitative estimate of drug-likeness (QED) is 0.578. The molecule has 0 aromatic carbocycles. The van der Waals surface area contributed by atoms with Crippen LogP contribution in [0.15, 0.2) is 12.2 Å². The Morgan fingerprint density at radius 2 is 1.60 bits per heavy atom. The van der Waals surface area contributed by atoms with Crippen LogP contribution in [0.4, 0.5) is 0 Å². The van der Waals surface area contributed by atoms with Crippen molar-refractivity contribution in [1.29, 1.82) is 0 Å². The summed E-state index contributed by atoms with van der Waals surface area (Å²) >= 11 is 0. The van der Waals surface area contributed by atoms with Crippen molar-refractivity contribution < 1.29 is 19.8 Å². The maximum Gasteiger partial charge on any atom is 0.311 e. The number of hydrogen-bond donors (Lipinski definition) is 2. The Bertz CT molecular complexity index is 407. The highest BCUT2D eigenvalue weighted by atomic mass is 16.4. The topological polar surface area (TPSA) is 74.6 Å². The largest absolute Gasteiger partial charge is 0.481 e. The zero-order valence-electron chi connectivity index (χ0n) is 12.2. The summed E-state index contributed by atoms with van der Waals surface area (Å²) in [7, 11) is 0. The number of carboxylic acids is 2. The van der Waals surface area contributed by atoms with Crippen LogP contribution in [-0.2, 0) is 9.59 Å². The van der Waals surface area contributed by atoms with Crippen LogP contribution in [0.2, 0.25) is 0 Å². The van der Waals surface area contributed by atoms with Gasteiger partial charge in [0, 0.05) is 12.8 Å². The molecule has 0 spiro atoms. The van der Waals surface area contributed by atoms with E-state index in [-0.39, 0.29) is 18.3 Å². The second-order valence-electron chi connectivity index (χ2n) is 4.48. The molecule has 0 aliphatic carbocycles. The fraction of sp³-hybridized carbons (Fsp3) is 0.500. The molecule has 0 amide bonds. The summed E-state index contributed by atoms with van der Waals surface area (Å²) in [5, 5.41) is 17.1. The summed E-state index contributed by atoms with van der Waals surface area (Å²) in [6.45, 7) is 5.48. The van der Waals surface area contributed by atoms with E-state index in [1.165, 1.54) is 0 Å². The molecule has 0 rings (SSSR count). The first-order valence-corrected chi connectivity index (χ1v) is 6.27. The normalized spacial score (nSPS) is 12.7. The van der Waals surface area contributed by atoms with Gasteiger partial charge in [-0.15, -0.1) is 24.7 Å². The van der Waals surface area contributed by atoms with E-state index in [9.17, 15) is 9.59 Å². The van der Waals surface area contributed by atoms with Crippen LogP contribution in [-0.4, -0.2) is 22.2 Å². The zero-order valence-corrected chi connectivity index (χ0v) is 12.2. The maximum atomic E-state index is 10.4. The smallest absolute Gasteiger partial charge is 0.311 e. The van der Waals surface area contributed by atoms with Crippen molar-refractivity contribution in [1.82, 2.24) is 0 Å². The molecule has 0 fully saturated rings. The standard InChI is InChI=1S/C8H12O2.C8H10O2/c1-4-5-7(6(2)3)8(9)10;1-3-5-7(6-4-2)8(9)10/h1,6-7H,5H2,2-3H3,(H,9,10);1,4,6-7H,5H2,2H3,(H,9,10). The number of hydrogen-bond acceptors (Lipinski definition) is 2. The van der Waals surface area contributed by atoms with Gasteiger partial charge in [0.2, 0.25) is 0 Å². The van der Waals surface area contributed by atoms with Crippen LogP contribution >= 0.6 is 0 Å². The first-order chi connectivity index (χ1) is 9.31. The Morgan fingerprint density at radius 1 is 1.10 bits per heavy atom. The first-order valence-electron chi connectivity index (χ1n) is 6.27. The summed E-state index contributed by atoms with van der Waals surface area (Å²) < 4.78 is 0. The minimum absolute atomic E-state index is 0.119. The monoisotopic (exact) mass is 278 g/mol. The number of carbonyl (C=O) groups is 2. The van der Waals surface area contributed by atoms with Crippen molar-refractivity contribution in [2.24, 2.45) is 17.8 Å². The Morgan fingerprint density at radius 3 is 1.80 bits per heavy atom. The van der Waals surface area contributed by atoms with Gasteiger partial charge < -0.3 is 10.2 Å². The van der Waals surface area contributed by atoms with Gasteiger partial charge in [-0.1, -0.05) is 26.0 Å². The highest BCUT2D eigenvalue weighted by molar-refractivity contribution is 5.72. The van der Waals surface area contributed by atoms with E-state index in [4.69, 9.17) is 23.1 Å². The molecule has 2 unspecified atom stereocenters. The van der Waals surface area contributed by atoms with Crippen molar-refractivity contribution >= 4 is 11.9 Å². The van der Waals surface area contributed by atoms with Crippen LogP contribution < -0.4 is 0 Å². The summed E-state index contributed by atoms with van der Waals surface area (Å²) in [5.74, 6) is 2.20. The average molecular weight is 278 g/mol.